The van der Waals surface area contributed by atoms with E-state index in [1.807, 2.05) is 54.2 Å². The van der Waals surface area contributed by atoms with Crippen LogP contribution >= 0.6 is 11.3 Å². The second-order valence-corrected chi connectivity index (χ2v) is 7.72. The molecule has 4 aromatic rings. The lowest BCUT2D eigenvalue weighted by molar-refractivity contribution is 0.101. The molecule has 1 N–H and O–H groups in total. The first-order chi connectivity index (χ1) is 13.6. The third-order valence-electron chi connectivity index (χ3n) is 4.31. The lowest BCUT2D eigenvalue weighted by atomic mass is 10.1. The molecule has 0 aliphatic heterocycles. The lowest BCUT2D eigenvalue weighted by Gasteiger charge is -2.11. The van der Waals surface area contributed by atoms with Crippen molar-refractivity contribution >= 4 is 22.9 Å². The molecule has 0 spiro atoms. The maximum Gasteiger partial charge on any atom is 0.277 e. The van der Waals surface area contributed by atoms with Crippen molar-refractivity contribution in [3.05, 3.63) is 77.3 Å². The molecular formula is C21H20N4O2S. The number of aromatic nitrogens is 3. The monoisotopic (exact) mass is 392 g/mol. The van der Waals surface area contributed by atoms with Crippen LogP contribution in [0.25, 0.3) is 10.6 Å². The number of nitrogens with one attached hydrogen (secondary N) is 1. The number of hydrogen-bond acceptors (Lipinski definition) is 5. The van der Waals surface area contributed by atoms with Crippen molar-refractivity contribution in [2.75, 3.05) is 5.32 Å². The van der Waals surface area contributed by atoms with Crippen LogP contribution in [-0.2, 0) is 6.54 Å². The Balaban J connectivity index is 1.47. The van der Waals surface area contributed by atoms with Gasteiger partial charge in [0.1, 0.15) is 5.82 Å². The van der Waals surface area contributed by atoms with Gasteiger partial charge in [-0.3, -0.25) is 4.79 Å². The number of hydrogen-bond donors (Lipinski definition) is 1. The Labute approximate surface area is 166 Å². The quantitative estimate of drug-likeness (QED) is 0.500. The number of carbonyl (C=O) groups is 1. The first-order valence-electron chi connectivity index (χ1n) is 9.02. The number of thiophene rings is 1. The summed E-state index contributed by atoms with van der Waals surface area (Å²) >= 11 is 1.54. The maximum atomic E-state index is 12.5. The third kappa shape index (κ3) is 3.89. The van der Waals surface area contributed by atoms with Crippen LogP contribution in [0.15, 0.2) is 64.8 Å². The van der Waals surface area contributed by atoms with E-state index >= 15 is 0 Å². The van der Waals surface area contributed by atoms with E-state index in [1.54, 1.807) is 6.07 Å². The molecule has 0 saturated carbocycles. The van der Waals surface area contributed by atoms with Gasteiger partial charge in [-0.2, -0.15) is 0 Å². The first kappa shape index (κ1) is 18.2. The van der Waals surface area contributed by atoms with E-state index in [0.29, 0.717) is 18.2 Å². The highest BCUT2D eigenvalue weighted by molar-refractivity contribution is 7.13. The van der Waals surface area contributed by atoms with Crippen LogP contribution in [0.2, 0.25) is 0 Å². The summed E-state index contributed by atoms with van der Waals surface area (Å²) in [6.07, 6.45) is 3.79. The maximum absolute atomic E-state index is 12.5. The Morgan fingerprint density at radius 1 is 1.25 bits per heavy atom. The van der Waals surface area contributed by atoms with E-state index in [-0.39, 0.29) is 11.6 Å². The molecule has 0 aliphatic carbocycles. The molecule has 3 aromatic heterocycles. The molecule has 7 heteroatoms. The van der Waals surface area contributed by atoms with Gasteiger partial charge in [-0.15, -0.1) is 11.3 Å². The molecule has 0 fully saturated rings. The van der Waals surface area contributed by atoms with Crippen LogP contribution in [0.5, 0.6) is 0 Å². The highest BCUT2D eigenvalue weighted by Gasteiger charge is 2.15. The SMILES string of the molecule is CC(C)c1nccn1Cc1cccc(NC(=O)c2cc(-c3cccs3)on2)c1. The average Bonchev–Trinajstić information content (AvgIpc) is 3.42. The summed E-state index contributed by atoms with van der Waals surface area (Å²) in [4.78, 5) is 17.9. The molecule has 1 amide bonds. The second-order valence-electron chi connectivity index (χ2n) is 6.78. The van der Waals surface area contributed by atoms with E-state index in [1.165, 1.54) is 11.3 Å². The minimum atomic E-state index is -0.297. The number of nitrogens with zero attached hydrogens (tertiary/aromatic N) is 3. The molecule has 6 nitrogen and oxygen atoms in total. The summed E-state index contributed by atoms with van der Waals surface area (Å²) in [6, 6.07) is 13.3. The van der Waals surface area contributed by atoms with Crippen molar-refractivity contribution in [2.45, 2.75) is 26.3 Å². The second kappa shape index (κ2) is 7.82. The minimum absolute atomic E-state index is 0.255. The zero-order valence-electron chi connectivity index (χ0n) is 15.6. The number of rotatable bonds is 6. The fraction of sp³-hybridized carbons (Fsp3) is 0.190. The Morgan fingerprint density at radius 2 is 2.14 bits per heavy atom. The summed E-state index contributed by atoms with van der Waals surface area (Å²) in [6.45, 7) is 4.94. The van der Waals surface area contributed by atoms with Gasteiger partial charge in [0.15, 0.2) is 11.5 Å². The van der Waals surface area contributed by atoms with Gasteiger partial charge in [0.2, 0.25) is 0 Å². The number of benzene rings is 1. The molecule has 3 heterocycles. The van der Waals surface area contributed by atoms with E-state index < -0.39 is 0 Å². The normalized spacial score (nSPS) is 11.1. The van der Waals surface area contributed by atoms with Gasteiger partial charge in [-0.1, -0.05) is 37.2 Å². The van der Waals surface area contributed by atoms with Crippen LogP contribution in [0.3, 0.4) is 0 Å². The summed E-state index contributed by atoms with van der Waals surface area (Å²) in [5, 5.41) is 8.73. The summed E-state index contributed by atoms with van der Waals surface area (Å²) in [5.41, 5.74) is 2.05. The third-order valence-corrected chi connectivity index (χ3v) is 5.19. The van der Waals surface area contributed by atoms with Crippen molar-refractivity contribution < 1.29 is 9.32 Å². The van der Waals surface area contributed by atoms with Gasteiger partial charge < -0.3 is 14.4 Å². The fourth-order valence-electron chi connectivity index (χ4n) is 3.01. The minimum Gasteiger partial charge on any atom is -0.355 e. The molecule has 0 aliphatic rings. The van der Waals surface area contributed by atoms with Crippen molar-refractivity contribution in [1.29, 1.82) is 0 Å². The van der Waals surface area contributed by atoms with Gasteiger partial charge in [-0.05, 0) is 29.1 Å². The molecule has 0 radical (unpaired) electrons. The van der Waals surface area contributed by atoms with Crippen LogP contribution in [-0.4, -0.2) is 20.6 Å². The van der Waals surface area contributed by atoms with Gasteiger partial charge in [0, 0.05) is 36.6 Å². The number of anilines is 1. The highest BCUT2D eigenvalue weighted by atomic mass is 32.1. The van der Waals surface area contributed by atoms with Crippen molar-refractivity contribution in [1.82, 2.24) is 14.7 Å². The topological polar surface area (TPSA) is 73.0 Å². The highest BCUT2D eigenvalue weighted by Crippen LogP contribution is 2.25. The predicted molar refractivity (Wildman–Crippen MR) is 110 cm³/mol. The number of amides is 1. The van der Waals surface area contributed by atoms with Crippen molar-refractivity contribution in [2.24, 2.45) is 0 Å². The zero-order chi connectivity index (χ0) is 19.5. The van der Waals surface area contributed by atoms with E-state index in [9.17, 15) is 4.79 Å². The smallest absolute Gasteiger partial charge is 0.277 e. The summed E-state index contributed by atoms with van der Waals surface area (Å²) < 4.78 is 7.41. The van der Waals surface area contributed by atoms with Crippen LogP contribution in [0.4, 0.5) is 5.69 Å². The van der Waals surface area contributed by atoms with Gasteiger partial charge in [-0.25, -0.2) is 4.98 Å². The Bertz CT molecular complexity index is 1080. The molecule has 4 rings (SSSR count). The molecule has 0 atom stereocenters. The molecule has 1 aromatic carbocycles. The first-order valence-corrected chi connectivity index (χ1v) is 9.90. The lowest BCUT2D eigenvalue weighted by Crippen LogP contribution is -2.12. The molecule has 0 unspecified atom stereocenters. The van der Waals surface area contributed by atoms with Crippen LogP contribution < -0.4 is 5.32 Å². The Kier molecular flexibility index (Phi) is 5.08. The summed E-state index contributed by atoms with van der Waals surface area (Å²) in [5.74, 6) is 1.69. The van der Waals surface area contributed by atoms with E-state index in [4.69, 9.17) is 4.52 Å². The molecule has 142 valence electrons. The summed E-state index contributed by atoms with van der Waals surface area (Å²) in [7, 11) is 0. The predicted octanol–water partition coefficient (Wildman–Crippen LogP) is 5.02. The largest absolute Gasteiger partial charge is 0.355 e. The van der Waals surface area contributed by atoms with Crippen molar-refractivity contribution in [3.8, 4) is 10.6 Å². The zero-order valence-corrected chi connectivity index (χ0v) is 16.4. The van der Waals surface area contributed by atoms with E-state index in [0.717, 1.165) is 22.0 Å². The van der Waals surface area contributed by atoms with Crippen molar-refractivity contribution in [3.63, 3.8) is 0 Å². The van der Waals surface area contributed by atoms with E-state index in [2.05, 4.69) is 33.9 Å². The Hall–Kier alpha value is -3.19. The molecule has 0 saturated heterocycles. The molecule has 28 heavy (non-hydrogen) atoms. The van der Waals surface area contributed by atoms with Gasteiger partial charge in [0.05, 0.1) is 4.88 Å². The fourth-order valence-corrected chi connectivity index (χ4v) is 3.68. The average molecular weight is 392 g/mol. The number of imidazole rings is 1. The van der Waals surface area contributed by atoms with Gasteiger partial charge in [0.25, 0.3) is 5.91 Å². The van der Waals surface area contributed by atoms with Crippen LogP contribution in [0.1, 0.15) is 41.6 Å². The number of carbonyl (C=O) groups excluding carboxylic acids is 1. The molecular weight excluding hydrogens is 372 g/mol. The Morgan fingerprint density at radius 3 is 2.93 bits per heavy atom. The molecule has 0 bridgehead atoms. The standard InChI is InChI=1S/C21H20N4O2S/c1-14(2)20-22-8-9-25(20)13-15-5-3-6-16(11-15)23-21(26)17-12-18(27-24-17)19-7-4-10-28-19/h3-12,14H,13H2,1-2H3,(H,23,26). The van der Waals surface area contributed by atoms with Gasteiger partial charge >= 0.3 is 0 Å². The van der Waals surface area contributed by atoms with Crippen LogP contribution in [0, 0.1) is 0 Å².